The molecule has 0 unspecified atom stereocenters. The lowest BCUT2D eigenvalue weighted by atomic mass is 10.0. The molecule has 16 heavy (non-hydrogen) atoms. The molecule has 3 rings (SSSR count). The van der Waals surface area contributed by atoms with Crippen molar-refractivity contribution in [1.82, 2.24) is 5.32 Å². The molecule has 0 radical (unpaired) electrons. The Morgan fingerprint density at radius 3 is 2.12 bits per heavy atom. The summed E-state index contributed by atoms with van der Waals surface area (Å²) in [5, 5.41) is 3.54. The summed E-state index contributed by atoms with van der Waals surface area (Å²) in [4.78, 5) is 0. The van der Waals surface area contributed by atoms with Gasteiger partial charge in [-0.2, -0.15) is 4.57 Å². The molecule has 1 N–H and O–H groups in total. The Bertz CT molecular complexity index is 439. The van der Waals surface area contributed by atoms with E-state index in [0.29, 0.717) is 6.04 Å². The first-order chi connectivity index (χ1) is 7.84. The summed E-state index contributed by atoms with van der Waals surface area (Å²) >= 11 is 0. The second-order valence-corrected chi connectivity index (χ2v) is 4.28. The lowest BCUT2D eigenvalue weighted by molar-refractivity contribution is -0.732. The minimum absolute atomic E-state index is 0.0392. The third kappa shape index (κ3) is 1.27. The predicted molar refractivity (Wildman–Crippen MR) is 62.8 cm³/mol. The number of hydrogen-bond donors (Lipinski definition) is 1. The van der Waals surface area contributed by atoms with Crippen molar-refractivity contribution in [2.45, 2.75) is 18.6 Å². The Kier molecular flexibility index (Phi) is 2.04. The number of hydrogen-bond acceptors (Lipinski definition) is 1. The highest BCUT2D eigenvalue weighted by atomic mass is 15.4. The molecule has 1 aromatic heterocycles. The summed E-state index contributed by atoms with van der Waals surface area (Å²) in [6, 6.07) is 17.2. The maximum atomic E-state index is 3.54. The van der Waals surface area contributed by atoms with Crippen LogP contribution in [0.25, 0.3) is 0 Å². The van der Waals surface area contributed by atoms with Crippen molar-refractivity contribution in [2.75, 3.05) is 0 Å². The van der Waals surface area contributed by atoms with Gasteiger partial charge in [0.15, 0.2) is 12.4 Å². The molecule has 80 valence electrons. The Labute approximate surface area is 95.6 Å². The summed E-state index contributed by atoms with van der Waals surface area (Å²) in [7, 11) is 0. The van der Waals surface area contributed by atoms with Gasteiger partial charge in [0.2, 0.25) is 0 Å². The number of nitrogens with one attached hydrogen (secondary N) is 1. The van der Waals surface area contributed by atoms with Gasteiger partial charge in [-0.1, -0.05) is 36.4 Å². The average molecular weight is 211 g/mol. The monoisotopic (exact) mass is 211 g/mol. The zero-order valence-electron chi connectivity index (χ0n) is 9.30. The fourth-order valence-electron chi connectivity index (χ4n) is 2.40. The van der Waals surface area contributed by atoms with Crippen LogP contribution in [0.3, 0.4) is 0 Å². The number of nitrogens with zero attached hydrogens (tertiary/aromatic N) is 1. The summed E-state index contributed by atoms with van der Waals surface area (Å²) in [6.45, 7) is 2.22. The van der Waals surface area contributed by atoms with Crippen molar-refractivity contribution in [3.05, 3.63) is 66.5 Å². The van der Waals surface area contributed by atoms with E-state index in [1.807, 2.05) is 6.07 Å². The van der Waals surface area contributed by atoms with Gasteiger partial charge in [-0.15, -0.1) is 0 Å². The van der Waals surface area contributed by atoms with Crippen LogP contribution in [0.5, 0.6) is 0 Å². The lowest BCUT2D eigenvalue weighted by Crippen LogP contribution is -2.50. The molecule has 1 fully saturated rings. The number of benzene rings is 1. The highest BCUT2D eigenvalue weighted by Crippen LogP contribution is 2.33. The van der Waals surface area contributed by atoms with Gasteiger partial charge in [0.25, 0.3) is 5.66 Å². The molecule has 2 nitrogen and oxygen atoms in total. The summed E-state index contributed by atoms with van der Waals surface area (Å²) in [5.41, 5.74) is 1.28. The van der Waals surface area contributed by atoms with Gasteiger partial charge < -0.3 is 0 Å². The van der Waals surface area contributed by atoms with Crippen LogP contribution in [0, 0.1) is 0 Å². The zero-order valence-corrected chi connectivity index (χ0v) is 9.30. The second kappa shape index (κ2) is 3.42. The van der Waals surface area contributed by atoms with Crippen molar-refractivity contribution < 1.29 is 4.57 Å². The first kappa shape index (κ1) is 9.55. The molecular formula is C14H15N2+. The van der Waals surface area contributed by atoms with Gasteiger partial charge in [0.05, 0.1) is 6.04 Å². The van der Waals surface area contributed by atoms with E-state index in [-0.39, 0.29) is 5.66 Å². The van der Waals surface area contributed by atoms with E-state index in [1.165, 1.54) is 5.56 Å². The van der Waals surface area contributed by atoms with Crippen LogP contribution in [-0.4, -0.2) is 6.04 Å². The molecule has 1 aliphatic rings. The molecule has 0 saturated carbocycles. The van der Waals surface area contributed by atoms with Gasteiger partial charge in [-0.3, -0.25) is 0 Å². The van der Waals surface area contributed by atoms with E-state index < -0.39 is 0 Å². The Morgan fingerprint density at radius 1 is 1.00 bits per heavy atom. The van der Waals surface area contributed by atoms with Gasteiger partial charge in [-0.05, 0) is 6.92 Å². The van der Waals surface area contributed by atoms with E-state index >= 15 is 0 Å². The second-order valence-electron chi connectivity index (χ2n) is 4.28. The maximum Gasteiger partial charge on any atom is 0.263 e. The first-order valence-corrected chi connectivity index (χ1v) is 5.64. The van der Waals surface area contributed by atoms with E-state index in [4.69, 9.17) is 0 Å². The smallest absolute Gasteiger partial charge is 0.239 e. The quantitative estimate of drug-likeness (QED) is 0.593. The SMILES string of the molecule is C[C@H]1N[C@]1(c1ccccc1)[n+]1ccccc1. The van der Waals surface area contributed by atoms with E-state index in [9.17, 15) is 0 Å². The van der Waals surface area contributed by atoms with Crippen molar-refractivity contribution in [3.8, 4) is 0 Å². The molecule has 0 spiro atoms. The zero-order chi connectivity index (χ0) is 11.0. The molecule has 1 aliphatic heterocycles. The van der Waals surface area contributed by atoms with E-state index in [2.05, 4.69) is 71.7 Å². The van der Waals surface area contributed by atoms with Gasteiger partial charge in [-0.25, -0.2) is 5.32 Å². The fraction of sp³-hybridized carbons (Fsp3) is 0.214. The van der Waals surface area contributed by atoms with Crippen LogP contribution < -0.4 is 9.88 Å². The van der Waals surface area contributed by atoms with Crippen molar-refractivity contribution in [2.24, 2.45) is 0 Å². The van der Waals surface area contributed by atoms with Crippen molar-refractivity contribution in [3.63, 3.8) is 0 Å². The number of rotatable bonds is 2. The van der Waals surface area contributed by atoms with Gasteiger partial charge >= 0.3 is 0 Å². The first-order valence-electron chi connectivity index (χ1n) is 5.64. The lowest BCUT2D eigenvalue weighted by Gasteiger charge is -2.09. The van der Waals surface area contributed by atoms with Crippen molar-refractivity contribution in [1.29, 1.82) is 0 Å². The minimum Gasteiger partial charge on any atom is -0.239 e. The molecule has 2 atom stereocenters. The molecule has 2 heteroatoms. The molecule has 1 saturated heterocycles. The van der Waals surface area contributed by atoms with Gasteiger partial charge in [0.1, 0.15) is 0 Å². The van der Waals surface area contributed by atoms with Crippen LogP contribution in [0.2, 0.25) is 0 Å². The molecule has 0 bridgehead atoms. The average Bonchev–Trinajstić information content (AvgIpc) is 3.05. The van der Waals surface area contributed by atoms with E-state index in [0.717, 1.165) is 0 Å². The summed E-state index contributed by atoms with van der Waals surface area (Å²) < 4.78 is 2.24. The highest BCUT2D eigenvalue weighted by molar-refractivity contribution is 5.29. The molecule has 2 heterocycles. The van der Waals surface area contributed by atoms with Crippen LogP contribution in [0.1, 0.15) is 12.5 Å². The standard InChI is InChI=1S/C14H15N2/c1-12-14(15-12,13-8-4-2-5-9-13)16-10-6-3-7-11-16/h2-12,15H,1H3/q+1/t12-,14+/m1/s1. The number of pyridine rings is 1. The largest absolute Gasteiger partial charge is 0.263 e. The topological polar surface area (TPSA) is 25.8 Å². The van der Waals surface area contributed by atoms with Gasteiger partial charge in [0, 0.05) is 17.7 Å². The fourth-order valence-corrected chi connectivity index (χ4v) is 2.40. The van der Waals surface area contributed by atoms with Crippen LogP contribution >= 0.6 is 0 Å². The Morgan fingerprint density at radius 2 is 1.56 bits per heavy atom. The maximum absolute atomic E-state index is 3.54. The Hall–Kier alpha value is -1.67. The summed E-state index contributed by atoms with van der Waals surface area (Å²) in [6.07, 6.45) is 4.23. The Balaban J connectivity index is 2.10. The third-order valence-electron chi connectivity index (χ3n) is 3.32. The molecule has 0 amide bonds. The summed E-state index contributed by atoms with van der Waals surface area (Å²) in [5.74, 6) is 0. The van der Waals surface area contributed by atoms with E-state index in [1.54, 1.807) is 0 Å². The predicted octanol–water partition coefficient (Wildman–Crippen LogP) is 1.67. The molecule has 1 aromatic carbocycles. The molecular weight excluding hydrogens is 196 g/mol. The third-order valence-corrected chi connectivity index (χ3v) is 3.32. The van der Waals surface area contributed by atoms with Crippen LogP contribution in [0.4, 0.5) is 0 Å². The highest BCUT2D eigenvalue weighted by Gasteiger charge is 2.61. The molecule has 0 aliphatic carbocycles. The minimum atomic E-state index is -0.0392. The normalized spacial score (nSPS) is 27.7. The van der Waals surface area contributed by atoms with Crippen molar-refractivity contribution >= 4 is 0 Å². The molecule has 2 aromatic rings. The van der Waals surface area contributed by atoms with Crippen LogP contribution in [-0.2, 0) is 5.66 Å². The number of aromatic nitrogens is 1. The van der Waals surface area contributed by atoms with Crippen LogP contribution in [0.15, 0.2) is 60.9 Å².